The number of para-hydroxylation sites is 1. The van der Waals surface area contributed by atoms with E-state index in [2.05, 4.69) is 5.32 Å². The summed E-state index contributed by atoms with van der Waals surface area (Å²) in [6.07, 6.45) is 1.91. The van der Waals surface area contributed by atoms with Crippen molar-refractivity contribution in [2.24, 2.45) is 5.92 Å². The van der Waals surface area contributed by atoms with Crippen molar-refractivity contribution in [3.63, 3.8) is 0 Å². The highest BCUT2D eigenvalue weighted by molar-refractivity contribution is 5.85. The lowest BCUT2D eigenvalue weighted by Gasteiger charge is -2.17. The summed E-state index contributed by atoms with van der Waals surface area (Å²) in [6, 6.07) is 7.50. The summed E-state index contributed by atoms with van der Waals surface area (Å²) in [5.41, 5.74) is 0.534. The number of carbonyl (C=O) groups is 2. The van der Waals surface area contributed by atoms with Gasteiger partial charge >= 0.3 is 5.97 Å². The van der Waals surface area contributed by atoms with Gasteiger partial charge in [-0.2, -0.15) is 0 Å². The molecule has 0 spiro atoms. The fourth-order valence-electron chi connectivity index (χ4n) is 2.49. The highest BCUT2D eigenvalue weighted by Gasteiger charge is 2.21. The molecule has 1 atom stereocenters. The van der Waals surface area contributed by atoms with Gasteiger partial charge in [0.25, 0.3) is 0 Å². The molecule has 0 aliphatic heterocycles. The molecule has 2 aromatic rings. The van der Waals surface area contributed by atoms with Crippen LogP contribution >= 0.6 is 0 Å². The smallest absolute Gasteiger partial charge is 0.326 e. The second-order valence-corrected chi connectivity index (χ2v) is 5.91. The summed E-state index contributed by atoms with van der Waals surface area (Å²) in [6.45, 7) is 3.76. The van der Waals surface area contributed by atoms with Gasteiger partial charge in [0.1, 0.15) is 12.6 Å². The van der Waals surface area contributed by atoms with Crippen LogP contribution in [-0.4, -0.2) is 27.6 Å². The molecule has 1 heterocycles. The van der Waals surface area contributed by atoms with Gasteiger partial charge in [-0.3, -0.25) is 9.59 Å². The first-order valence-corrected chi connectivity index (χ1v) is 7.49. The van der Waals surface area contributed by atoms with Gasteiger partial charge in [-0.15, -0.1) is 0 Å². The predicted molar refractivity (Wildman–Crippen MR) is 87.2 cm³/mol. The zero-order chi connectivity index (χ0) is 17.0. The van der Waals surface area contributed by atoms with Crippen molar-refractivity contribution in [2.45, 2.75) is 32.9 Å². The van der Waals surface area contributed by atoms with Crippen LogP contribution in [0.5, 0.6) is 0 Å². The predicted octanol–water partition coefficient (Wildman–Crippen LogP) is 1.62. The maximum absolute atomic E-state index is 12.2. The molecule has 0 radical (unpaired) electrons. The highest BCUT2D eigenvalue weighted by Crippen LogP contribution is 2.10. The Labute approximate surface area is 133 Å². The molecule has 0 saturated carbocycles. The molecule has 0 aliphatic rings. The molecule has 0 saturated heterocycles. The van der Waals surface area contributed by atoms with Crippen molar-refractivity contribution in [2.75, 3.05) is 0 Å². The number of nitrogens with zero attached hydrogens (tertiary/aromatic N) is 1. The van der Waals surface area contributed by atoms with E-state index in [0.717, 1.165) is 0 Å². The summed E-state index contributed by atoms with van der Waals surface area (Å²) in [5, 5.41) is 12.2. The molecule has 23 heavy (non-hydrogen) atoms. The molecular formula is C17H20N2O4. The number of benzene rings is 1. The zero-order valence-corrected chi connectivity index (χ0v) is 13.2. The first-order chi connectivity index (χ1) is 10.9. The van der Waals surface area contributed by atoms with Gasteiger partial charge in [0.2, 0.25) is 5.91 Å². The summed E-state index contributed by atoms with van der Waals surface area (Å²) in [7, 11) is 0. The zero-order valence-electron chi connectivity index (χ0n) is 13.2. The third kappa shape index (κ3) is 4.18. The number of rotatable bonds is 6. The number of hydrogen-bond acceptors (Lipinski definition) is 3. The van der Waals surface area contributed by atoms with E-state index in [1.54, 1.807) is 35.0 Å². The SMILES string of the molecule is CC(C)C[C@@H](NC(=O)Cn1ccc(=O)c2ccccc21)C(=O)O. The standard InChI is InChI=1S/C17H20N2O4/c1-11(2)9-13(17(22)23)18-16(21)10-19-8-7-15(20)12-5-3-4-6-14(12)19/h3-8,11,13H,9-10H2,1-2H3,(H,18,21)(H,22,23)/t13-/m1/s1. The number of carboxylic acid groups (broad SMARTS) is 1. The van der Waals surface area contributed by atoms with Crippen LogP contribution in [-0.2, 0) is 16.1 Å². The number of pyridine rings is 1. The Morgan fingerprint density at radius 2 is 1.91 bits per heavy atom. The fraction of sp³-hybridized carbons (Fsp3) is 0.353. The van der Waals surface area contributed by atoms with E-state index in [0.29, 0.717) is 17.3 Å². The number of carbonyl (C=O) groups excluding carboxylic acids is 1. The van der Waals surface area contributed by atoms with Crippen molar-refractivity contribution in [3.8, 4) is 0 Å². The lowest BCUT2D eigenvalue weighted by Crippen LogP contribution is -2.43. The molecule has 2 rings (SSSR count). The first-order valence-electron chi connectivity index (χ1n) is 7.49. The van der Waals surface area contributed by atoms with E-state index >= 15 is 0 Å². The molecule has 1 aromatic heterocycles. The molecule has 0 aliphatic carbocycles. The molecule has 6 heteroatoms. The number of fused-ring (bicyclic) bond motifs is 1. The summed E-state index contributed by atoms with van der Waals surface area (Å²) < 4.78 is 1.64. The molecule has 0 bridgehead atoms. The van der Waals surface area contributed by atoms with Crippen LogP contribution in [0.4, 0.5) is 0 Å². The minimum Gasteiger partial charge on any atom is -0.480 e. The molecular weight excluding hydrogens is 296 g/mol. The summed E-state index contributed by atoms with van der Waals surface area (Å²) >= 11 is 0. The van der Waals surface area contributed by atoms with Crippen LogP contribution in [0.2, 0.25) is 0 Å². The summed E-state index contributed by atoms with van der Waals surface area (Å²) in [4.78, 5) is 35.2. The molecule has 1 amide bonds. The third-order valence-electron chi connectivity index (χ3n) is 3.54. The van der Waals surface area contributed by atoms with Gasteiger partial charge in [-0.05, 0) is 24.5 Å². The largest absolute Gasteiger partial charge is 0.480 e. The fourth-order valence-corrected chi connectivity index (χ4v) is 2.49. The van der Waals surface area contributed by atoms with E-state index in [1.807, 2.05) is 13.8 Å². The van der Waals surface area contributed by atoms with Gasteiger partial charge in [0.15, 0.2) is 5.43 Å². The molecule has 0 fully saturated rings. The normalized spacial score (nSPS) is 12.3. The number of nitrogens with one attached hydrogen (secondary N) is 1. The van der Waals surface area contributed by atoms with Crippen LogP contribution in [0.3, 0.4) is 0 Å². The van der Waals surface area contributed by atoms with Crippen LogP contribution in [0.15, 0.2) is 41.3 Å². The Kier molecular flexibility index (Phi) is 5.16. The van der Waals surface area contributed by atoms with E-state index in [9.17, 15) is 19.5 Å². The number of aliphatic carboxylic acids is 1. The van der Waals surface area contributed by atoms with Crippen molar-refractivity contribution in [1.82, 2.24) is 9.88 Å². The second kappa shape index (κ2) is 7.09. The van der Waals surface area contributed by atoms with Crippen LogP contribution < -0.4 is 10.7 Å². The molecule has 2 N–H and O–H groups in total. The van der Waals surface area contributed by atoms with E-state index in [1.165, 1.54) is 6.07 Å². The Bertz CT molecular complexity index is 780. The van der Waals surface area contributed by atoms with Gasteiger partial charge in [-0.1, -0.05) is 26.0 Å². The molecule has 0 unspecified atom stereocenters. The van der Waals surface area contributed by atoms with E-state index in [-0.39, 0.29) is 17.9 Å². The second-order valence-electron chi connectivity index (χ2n) is 5.91. The maximum Gasteiger partial charge on any atom is 0.326 e. The van der Waals surface area contributed by atoms with Crippen molar-refractivity contribution in [1.29, 1.82) is 0 Å². The monoisotopic (exact) mass is 316 g/mol. The van der Waals surface area contributed by atoms with Gasteiger partial charge in [0, 0.05) is 17.6 Å². The van der Waals surface area contributed by atoms with Gasteiger partial charge in [-0.25, -0.2) is 4.79 Å². The number of aromatic nitrogens is 1. The van der Waals surface area contributed by atoms with Crippen molar-refractivity contribution < 1.29 is 14.7 Å². The minimum atomic E-state index is -1.04. The average molecular weight is 316 g/mol. The van der Waals surface area contributed by atoms with Crippen molar-refractivity contribution >= 4 is 22.8 Å². The lowest BCUT2D eigenvalue weighted by atomic mass is 10.0. The highest BCUT2D eigenvalue weighted by atomic mass is 16.4. The van der Waals surface area contributed by atoms with Crippen molar-refractivity contribution in [3.05, 3.63) is 46.8 Å². The Morgan fingerprint density at radius 3 is 2.57 bits per heavy atom. The van der Waals surface area contributed by atoms with E-state index < -0.39 is 17.9 Å². The topological polar surface area (TPSA) is 88.4 Å². The van der Waals surface area contributed by atoms with Crippen LogP contribution in [0, 0.1) is 5.92 Å². The number of amides is 1. The minimum absolute atomic E-state index is 0.0390. The molecule has 1 aromatic carbocycles. The average Bonchev–Trinajstić information content (AvgIpc) is 2.49. The first kappa shape index (κ1) is 16.7. The maximum atomic E-state index is 12.2. The molecule has 6 nitrogen and oxygen atoms in total. The third-order valence-corrected chi connectivity index (χ3v) is 3.54. The lowest BCUT2D eigenvalue weighted by molar-refractivity contribution is -0.142. The van der Waals surface area contributed by atoms with Gasteiger partial charge in [0.05, 0.1) is 5.52 Å². The quantitative estimate of drug-likeness (QED) is 0.847. The Morgan fingerprint density at radius 1 is 1.22 bits per heavy atom. The Hall–Kier alpha value is -2.63. The van der Waals surface area contributed by atoms with Gasteiger partial charge < -0.3 is 15.0 Å². The molecule has 122 valence electrons. The van der Waals surface area contributed by atoms with Crippen LogP contribution in [0.1, 0.15) is 20.3 Å². The Balaban J connectivity index is 2.19. The van der Waals surface area contributed by atoms with E-state index in [4.69, 9.17) is 0 Å². The number of carboxylic acids is 1. The summed E-state index contributed by atoms with van der Waals surface area (Å²) in [5.74, 6) is -1.28. The number of hydrogen-bond donors (Lipinski definition) is 2. The van der Waals surface area contributed by atoms with Crippen LogP contribution in [0.25, 0.3) is 10.9 Å².